The molecule has 7 nitrogen and oxygen atoms in total. The molecule has 1 heterocycles. The zero-order valence-corrected chi connectivity index (χ0v) is 16.4. The van der Waals surface area contributed by atoms with Crippen LogP contribution in [0.2, 0.25) is 0 Å². The molecule has 0 saturated carbocycles. The zero-order valence-electron chi connectivity index (χ0n) is 16.4. The maximum atomic E-state index is 12.7. The van der Waals surface area contributed by atoms with Crippen molar-refractivity contribution < 1.29 is 19.1 Å². The fourth-order valence-corrected chi connectivity index (χ4v) is 3.28. The molecule has 1 fully saturated rings. The van der Waals surface area contributed by atoms with Gasteiger partial charge in [-0.3, -0.25) is 14.4 Å². The third-order valence-corrected chi connectivity index (χ3v) is 4.70. The number of amides is 3. The number of likely N-dealkylation sites (tertiary alicyclic amines) is 1. The highest BCUT2D eigenvalue weighted by molar-refractivity contribution is 5.95. The number of anilines is 1. The van der Waals surface area contributed by atoms with Crippen LogP contribution in [0, 0.1) is 5.92 Å². The Morgan fingerprint density at radius 3 is 2.81 bits per heavy atom. The Hall–Kier alpha value is -2.57. The maximum Gasteiger partial charge on any atom is 0.243 e. The number of hydrogen-bond donors (Lipinski definition) is 1. The van der Waals surface area contributed by atoms with Gasteiger partial charge >= 0.3 is 0 Å². The highest BCUT2D eigenvalue weighted by Gasteiger charge is 2.30. The first-order valence-corrected chi connectivity index (χ1v) is 9.41. The molecule has 0 bridgehead atoms. The van der Waals surface area contributed by atoms with Gasteiger partial charge in [0.1, 0.15) is 5.75 Å². The summed E-state index contributed by atoms with van der Waals surface area (Å²) in [5.41, 5.74) is 0.620. The Morgan fingerprint density at radius 2 is 2.11 bits per heavy atom. The van der Waals surface area contributed by atoms with Gasteiger partial charge in [0.05, 0.1) is 19.6 Å². The van der Waals surface area contributed by atoms with E-state index in [1.807, 2.05) is 6.92 Å². The summed E-state index contributed by atoms with van der Waals surface area (Å²) in [4.78, 5) is 40.3. The lowest BCUT2D eigenvalue weighted by Gasteiger charge is -2.34. The smallest absolute Gasteiger partial charge is 0.243 e. The predicted molar refractivity (Wildman–Crippen MR) is 103 cm³/mol. The minimum Gasteiger partial charge on any atom is -0.497 e. The van der Waals surface area contributed by atoms with Crippen molar-refractivity contribution in [2.24, 2.45) is 5.92 Å². The van der Waals surface area contributed by atoms with Crippen molar-refractivity contribution in [1.29, 1.82) is 0 Å². The Balaban J connectivity index is 1.88. The topological polar surface area (TPSA) is 79.0 Å². The first-order valence-electron chi connectivity index (χ1n) is 9.41. The number of hydrogen-bond acceptors (Lipinski definition) is 4. The van der Waals surface area contributed by atoms with Crippen LogP contribution in [0.15, 0.2) is 24.3 Å². The van der Waals surface area contributed by atoms with Gasteiger partial charge < -0.3 is 19.9 Å². The van der Waals surface area contributed by atoms with E-state index in [1.54, 1.807) is 43.3 Å². The van der Waals surface area contributed by atoms with Crippen molar-refractivity contribution in [2.45, 2.75) is 32.6 Å². The Kier molecular flexibility index (Phi) is 7.64. The van der Waals surface area contributed by atoms with E-state index in [9.17, 15) is 14.4 Å². The highest BCUT2D eigenvalue weighted by Crippen LogP contribution is 2.20. The second-order valence-electron chi connectivity index (χ2n) is 6.90. The van der Waals surface area contributed by atoms with Crippen LogP contribution < -0.4 is 10.1 Å². The summed E-state index contributed by atoms with van der Waals surface area (Å²) in [5, 5.41) is 2.77. The van der Waals surface area contributed by atoms with E-state index in [-0.39, 0.29) is 30.2 Å². The van der Waals surface area contributed by atoms with Crippen LogP contribution in [0.3, 0.4) is 0 Å². The number of benzene rings is 1. The standard InChI is InChI=1S/C20H29N3O4/c1-4-7-19(25)23-11-6-8-15(13-23)20(26)22(2)14-18(24)21-16-9-5-10-17(12-16)27-3/h5,9-10,12,15H,4,6-8,11,13-14H2,1-3H3,(H,21,24). The van der Waals surface area contributed by atoms with Crippen LogP contribution in [0.4, 0.5) is 5.69 Å². The maximum absolute atomic E-state index is 12.7. The van der Waals surface area contributed by atoms with E-state index < -0.39 is 0 Å². The van der Waals surface area contributed by atoms with E-state index >= 15 is 0 Å². The normalized spacial score (nSPS) is 16.6. The molecule has 1 unspecified atom stereocenters. The summed E-state index contributed by atoms with van der Waals surface area (Å²) in [6, 6.07) is 7.06. The lowest BCUT2D eigenvalue weighted by Crippen LogP contribution is -2.47. The van der Waals surface area contributed by atoms with Gasteiger partial charge in [-0.1, -0.05) is 13.0 Å². The number of piperidine rings is 1. The average Bonchev–Trinajstić information content (AvgIpc) is 2.67. The number of carbonyl (C=O) groups is 3. The molecule has 7 heteroatoms. The number of ether oxygens (including phenoxy) is 1. The minimum absolute atomic E-state index is 0.0323. The van der Waals surface area contributed by atoms with Crippen molar-refractivity contribution in [1.82, 2.24) is 9.80 Å². The van der Waals surface area contributed by atoms with Gasteiger partial charge in [-0.05, 0) is 31.4 Å². The molecule has 1 aliphatic heterocycles. The number of carbonyl (C=O) groups excluding carboxylic acids is 3. The fraction of sp³-hybridized carbons (Fsp3) is 0.550. The molecule has 0 aliphatic carbocycles. The first kappa shape index (κ1) is 20.7. The first-order chi connectivity index (χ1) is 12.9. The van der Waals surface area contributed by atoms with Crippen LogP contribution in [-0.2, 0) is 14.4 Å². The van der Waals surface area contributed by atoms with Crippen LogP contribution in [-0.4, -0.2) is 61.3 Å². The summed E-state index contributed by atoms with van der Waals surface area (Å²) in [6.45, 7) is 3.09. The molecule has 0 radical (unpaired) electrons. The molecular formula is C20H29N3O4. The molecule has 1 aromatic carbocycles. The van der Waals surface area contributed by atoms with Crippen molar-refractivity contribution in [2.75, 3.05) is 39.1 Å². The lowest BCUT2D eigenvalue weighted by molar-refractivity contribution is -0.141. The van der Waals surface area contributed by atoms with E-state index in [4.69, 9.17) is 4.74 Å². The van der Waals surface area contributed by atoms with Crippen molar-refractivity contribution >= 4 is 23.4 Å². The van der Waals surface area contributed by atoms with Gasteiger partial charge in [0, 0.05) is 38.3 Å². The molecule has 27 heavy (non-hydrogen) atoms. The monoisotopic (exact) mass is 375 g/mol. The molecule has 148 valence electrons. The Bertz CT molecular complexity index is 677. The van der Waals surface area contributed by atoms with E-state index in [0.717, 1.165) is 19.3 Å². The second-order valence-corrected chi connectivity index (χ2v) is 6.90. The van der Waals surface area contributed by atoms with Crippen molar-refractivity contribution in [3.8, 4) is 5.75 Å². The summed E-state index contributed by atoms with van der Waals surface area (Å²) in [7, 11) is 3.19. The van der Waals surface area contributed by atoms with Gasteiger partial charge in [-0.15, -0.1) is 0 Å². The third kappa shape index (κ3) is 5.98. The number of rotatable bonds is 7. The molecule has 0 spiro atoms. The minimum atomic E-state index is -0.270. The van der Waals surface area contributed by atoms with Crippen LogP contribution in [0.5, 0.6) is 5.75 Å². The third-order valence-electron chi connectivity index (χ3n) is 4.70. The van der Waals surface area contributed by atoms with Crippen LogP contribution in [0.25, 0.3) is 0 Å². The number of methoxy groups -OCH3 is 1. The SMILES string of the molecule is CCCC(=O)N1CCCC(C(=O)N(C)CC(=O)Nc2cccc(OC)c2)C1. The van der Waals surface area contributed by atoms with Crippen molar-refractivity contribution in [3.05, 3.63) is 24.3 Å². The van der Waals surface area contributed by atoms with Crippen molar-refractivity contribution in [3.63, 3.8) is 0 Å². The molecule has 3 amide bonds. The van der Waals surface area contributed by atoms with Gasteiger partial charge in [0.15, 0.2) is 0 Å². The van der Waals surface area contributed by atoms with E-state index in [1.165, 1.54) is 4.90 Å². The fourth-order valence-electron chi connectivity index (χ4n) is 3.28. The number of nitrogens with zero attached hydrogens (tertiary/aromatic N) is 2. The molecule has 1 saturated heterocycles. The van der Waals surface area contributed by atoms with Gasteiger partial charge in [0.2, 0.25) is 17.7 Å². The zero-order chi connectivity index (χ0) is 19.8. The lowest BCUT2D eigenvalue weighted by atomic mass is 9.96. The molecular weight excluding hydrogens is 346 g/mol. The van der Waals surface area contributed by atoms with Gasteiger partial charge in [-0.2, -0.15) is 0 Å². The molecule has 1 N–H and O–H groups in total. The number of nitrogens with one attached hydrogen (secondary N) is 1. The molecule has 0 aromatic heterocycles. The highest BCUT2D eigenvalue weighted by atomic mass is 16.5. The predicted octanol–water partition coefficient (Wildman–Crippen LogP) is 2.13. The largest absolute Gasteiger partial charge is 0.497 e. The van der Waals surface area contributed by atoms with E-state index in [2.05, 4.69) is 5.32 Å². The average molecular weight is 375 g/mol. The summed E-state index contributed by atoms with van der Waals surface area (Å²) < 4.78 is 5.13. The van der Waals surface area contributed by atoms with E-state index in [0.29, 0.717) is 30.9 Å². The summed E-state index contributed by atoms with van der Waals surface area (Å²) >= 11 is 0. The molecule has 1 atom stereocenters. The van der Waals surface area contributed by atoms with Crippen LogP contribution >= 0.6 is 0 Å². The summed E-state index contributed by atoms with van der Waals surface area (Å²) in [5.74, 6) is 0.150. The second kappa shape index (κ2) is 9.94. The Morgan fingerprint density at radius 1 is 1.33 bits per heavy atom. The molecule has 1 aliphatic rings. The van der Waals surface area contributed by atoms with Crippen LogP contribution in [0.1, 0.15) is 32.6 Å². The summed E-state index contributed by atoms with van der Waals surface area (Å²) in [6.07, 6.45) is 2.88. The number of likely N-dealkylation sites (N-methyl/N-ethyl adjacent to an activating group) is 1. The molecule has 1 aromatic rings. The molecule has 2 rings (SSSR count). The quantitative estimate of drug-likeness (QED) is 0.792. The van der Waals surface area contributed by atoms with Gasteiger partial charge in [0.25, 0.3) is 0 Å². The Labute approximate surface area is 160 Å². The van der Waals surface area contributed by atoms with Gasteiger partial charge in [-0.25, -0.2) is 0 Å².